The van der Waals surface area contributed by atoms with Crippen molar-refractivity contribution in [1.82, 2.24) is 9.80 Å². The lowest BCUT2D eigenvalue weighted by molar-refractivity contribution is 0.109. The van der Waals surface area contributed by atoms with Crippen LogP contribution in [0.2, 0.25) is 0 Å². The van der Waals surface area contributed by atoms with Crippen molar-refractivity contribution in [2.75, 3.05) is 39.8 Å². The van der Waals surface area contributed by atoms with Gasteiger partial charge in [-0.05, 0) is 18.9 Å². The maximum absolute atomic E-state index is 2.60. The van der Waals surface area contributed by atoms with Gasteiger partial charge in [0.2, 0.25) is 0 Å². The summed E-state index contributed by atoms with van der Waals surface area (Å²) in [7, 11) is 2.21. The van der Waals surface area contributed by atoms with Gasteiger partial charge >= 0.3 is 0 Å². The summed E-state index contributed by atoms with van der Waals surface area (Å²) in [5.41, 5.74) is 0.496. The van der Waals surface area contributed by atoms with Crippen LogP contribution in [0.5, 0.6) is 0 Å². The van der Waals surface area contributed by atoms with Crippen LogP contribution in [0.1, 0.15) is 54.9 Å². The first kappa shape index (κ1) is 19.3. The Balaban J connectivity index is 0. The maximum Gasteiger partial charge on any atom is 0.0110 e. The number of nitrogens with zero attached hydrogens (tertiary/aromatic N) is 2. The molecule has 1 aliphatic rings. The minimum Gasteiger partial charge on any atom is -0.304 e. The molecule has 0 bridgehead atoms. The molecule has 0 unspecified atom stereocenters. The van der Waals surface area contributed by atoms with Crippen LogP contribution >= 0.6 is 0 Å². The van der Waals surface area contributed by atoms with E-state index in [1.165, 1.54) is 39.1 Å². The third-order valence-corrected chi connectivity index (χ3v) is 3.20. The fourth-order valence-electron chi connectivity index (χ4n) is 1.72. The monoisotopic (exact) mass is 244 g/mol. The van der Waals surface area contributed by atoms with E-state index in [1.807, 2.05) is 27.7 Å². The van der Waals surface area contributed by atoms with Crippen LogP contribution in [0.3, 0.4) is 0 Å². The van der Waals surface area contributed by atoms with Gasteiger partial charge in [0, 0.05) is 32.7 Å². The van der Waals surface area contributed by atoms with Crippen molar-refractivity contribution in [3.8, 4) is 0 Å². The summed E-state index contributed by atoms with van der Waals surface area (Å²) < 4.78 is 0. The standard InChI is InChI=1S/C11H24N2.2C2H6/c1-5-11(2,3)10-13-8-6-12(4)7-9-13;2*1-2/h5-10H2,1-4H3;2*1-2H3. The van der Waals surface area contributed by atoms with Crippen LogP contribution in [-0.2, 0) is 0 Å². The quantitative estimate of drug-likeness (QED) is 0.746. The normalized spacial score (nSPS) is 17.6. The van der Waals surface area contributed by atoms with E-state index in [0.29, 0.717) is 5.41 Å². The maximum atomic E-state index is 2.60. The van der Waals surface area contributed by atoms with Gasteiger partial charge in [-0.3, -0.25) is 0 Å². The fraction of sp³-hybridized carbons (Fsp3) is 1.00. The van der Waals surface area contributed by atoms with Crippen LogP contribution < -0.4 is 0 Å². The summed E-state index contributed by atoms with van der Waals surface area (Å²) in [6.07, 6.45) is 1.28. The first-order valence-electron chi connectivity index (χ1n) is 7.44. The van der Waals surface area contributed by atoms with Crippen LogP contribution in [0.25, 0.3) is 0 Å². The summed E-state index contributed by atoms with van der Waals surface area (Å²) >= 11 is 0. The Labute approximate surface area is 110 Å². The smallest absolute Gasteiger partial charge is 0.0110 e. The number of likely N-dealkylation sites (N-methyl/N-ethyl adjacent to an activating group) is 1. The van der Waals surface area contributed by atoms with Crippen molar-refractivity contribution in [2.45, 2.75) is 54.9 Å². The van der Waals surface area contributed by atoms with E-state index in [2.05, 4.69) is 37.6 Å². The number of rotatable bonds is 3. The van der Waals surface area contributed by atoms with Gasteiger partial charge in [-0.2, -0.15) is 0 Å². The molecule has 1 rings (SSSR count). The van der Waals surface area contributed by atoms with E-state index in [-0.39, 0.29) is 0 Å². The summed E-state index contributed by atoms with van der Waals surface area (Å²) in [5, 5.41) is 0. The lowest BCUT2D eigenvalue weighted by Gasteiger charge is -2.37. The SMILES string of the molecule is CC.CC.CCC(C)(C)CN1CCN(C)CC1. The molecule has 2 heteroatoms. The molecule has 2 nitrogen and oxygen atoms in total. The predicted molar refractivity (Wildman–Crippen MR) is 80.7 cm³/mol. The van der Waals surface area contributed by atoms with Crippen LogP contribution in [0.4, 0.5) is 0 Å². The van der Waals surface area contributed by atoms with Crippen LogP contribution in [-0.4, -0.2) is 49.6 Å². The minimum atomic E-state index is 0.496. The van der Waals surface area contributed by atoms with E-state index in [4.69, 9.17) is 0 Å². The summed E-state index contributed by atoms with van der Waals surface area (Å²) in [6, 6.07) is 0. The Kier molecular flexibility index (Phi) is 12.5. The molecular formula is C15H36N2. The summed E-state index contributed by atoms with van der Waals surface area (Å²) in [4.78, 5) is 5.01. The van der Waals surface area contributed by atoms with Gasteiger partial charge in [0.25, 0.3) is 0 Å². The van der Waals surface area contributed by atoms with Crippen molar-refractivity contribution in [3.63, 3.8) is 0 Å². The highest BCUT2D eigenvalue weighted by atomic mass is 15.2. The molecule has 1 fully saturated rings. The largest absolute Gasteiger partial charge is 0.304 e. The molecule has 0 aromatic rings. The first-order valence-corrected chi connectivity index (χ1v) is 7.44. The Morgan fingerprint density at radius 2 is 1.29 bits per heavy atom. The number of hydrogen-bond donors (Lipinski definition) is 0. The van der Waals surface area contributed by atoms with Crippen molar-refractivity contribution in [3.05, 3.63) is 0 Å². The molecule has 1 aliphatic heterocycles. The van der Waals surface area contributed by atoms with E-state index >= 15 is 0 Å². The van der Waals surface area contributed by atoms with E-state index < -0.39 is 0 Å². The van der Waals surface area contributed by atoms with E-state index in [1.54, 1.807) is 0 Å². The average molecular weight is 244 g/mol. The molecule has 0 radical (unpaired) electrons. The third-order valence-electron chi connectivity index (χ3n) is 3.20. The van der Waals surface area contributed by atoms with Crippen LogP contribution in [0.15, 0.2) is 0 Å². The zero-order chi connectivity index (χ0) is 13.9. The molecule has 0 aliphatic carbocycles. The predicted octanol–water partition coefficient (Wildman–Crippen LogP) is 3.72. The molecule has 1 heterocycles. The Morgan fingerprint density at radius 1 is 0.882 bits per heavy atom. The second-order valence-electron chi connectivity index (χ2n) is 5.10. The first-order chi connectivity index (χ1) is 8.03. The molecule has 0 saturated carbocycles. The lowest BCUT2D eigenvalue weighted by Crippen LogP contribution is -2.47. The van der Waals surface area contributed by atoms with Gasteiger partial charge in [-0.25, -0.2) is 0 Å². The number of hydrogen-bond acceptors (Lipinski definition) is 2. The molecule has 0 aromatic carbocycles. The summed E-state index contributed by atoms with van der Waals surface area (Å²) in [5.74, 6) is 0. The molecule has 0 spiro atoms. The second kappa shape index (κ2) is 11.0. The molecule has 106 valence electrons. The van der Waals surface area contributed by atoms with Gasteiger partial charge in [0.1, 0.15) is 0 Å². The van der Waals surface area contributed by atoms with Crippen molar-refractivity contribution in [1.29, 1.82) is 0 Å². The van der Waals surface area contributed by atoms with Gasteiger partial charge < -0.3 is 9.80 Å². The van der Waals surface area contributed by atoms with Gasteiger partial charge in [-0.15, -0.1) is 0 Å². The highest BCUT2D eigenvalue weighted by molar-refractivity contribution is 4.76. The fourth-order valence-corrected chi connectivity index (χ4v) is 1.72. The molecule has 17 heavy (non-hydrogen) atoms. The van der Waals surface area contributed by atoms with Gasteiger partial charge in [0.15, 0.2) is 0 Å². The van der Waals surface area contributed by atoms with Gasteiger partial charge in [0.05, 0.1) is 0 Å². The van der Waals surface area contributed by atoms with Crippen LogP contribution in [0, 0.1) is 5.41 Å². The zero-order valence-corrected chi connectivity index (χ0v) is 13.6. The van der Waals surface area contributed by atoms with E-state index in [0.717, 1.165) is 0 Å². The van der Waals surface area contributed by atoms with Crippen molar-refractivity contribution < 1.29 is 0 Å². The number of piperazine rings is 1. The molecule has 1 saturated heterocycles. The second-order valence-corrected chi connectivity index (χ2v) is 5.10. The molecule has 0 atom stereocenters. The molecule has 0 N–H and O–H groups in total. The highest BCUT2D eigenvalue weighted by Gasteiger charge is 2.21. The topological polar surface area (TPSA) is 6.48 Å². The lowest BCUT2D eigenvalue weighted by atomic mass is 9.89. The van der Waals surface area contributed by atoms with Crippen molar-refractivity contribution in [2.24, 2.45) is 5.41 Å². The molecule has 0 aromatic heterocycles. The molecule has 0 amide bonds. The summed E-state index contributed by atoms with van der Waals surface area (Å²) in [6.45, 7) is 21.3. The van der Waals surface area contributed by atoms with Crippen molar-refractivity contribution >= 4 is 0 Å². The minimum absolute atomic E-state index is 0.496. The van der Waals surface area contributed by atoms with E-state index in [9.17, 15) is 0 Å². The third kappa shape index (κ3) is 9.61. The molecular weight excluding hydrogens is 208 g/mol. The Hall–Kier alpha value is -0.0800. The Bertz CT molecular complexity index is 147. The highest BCUT2D eigenvalue weighted by Crippen LogP contribution is 2.21. The average Bonchev–Trinajstić information content (AvgIpc) is 2.37. The van der Waals surface area contributed by atoms with Gasteiger partial charge in [-0.1, -0.05) is 48.5 Å². The zero-order valence-electron chi connectivity index (χ0n) is 13.6. The Morgan fingerprint density at radius 3 is 1.65 bits per heavy atom.